The van der Waals surface area contributed by atoms with Crippen LogP contribution in [-0.4, -0.2) is 6.61 Å². The number of fused-ring (bicyclic) bond motifs is 1. The van der Waals surface area contributed by atoms with Gasteiger partial charge in [0, 0.05) is 16.5 Å². The molecule has 0 aliphatic carbocycles. The fourth-order valence-corrected chi connectivity index (χ4v) is 3.03. The van der Waals surface area contributed by atoms with E-state index in [-0.39, 0.29) is 16.9 Å². The van der Waals surface area contributed by atoms with Crippen LogP contribution in [0.1, 0.15) is 23.1 Å². The molecule has 0 aliphatic rings. The van der Waals surface area contributed by atoms with Gasteiger partial charge in [0.1, 0.15) is 18.2 Å². The van der Waals surface area contributed by atoms with Crippen LogP contribution in [0.25, 0.3) is 22.4 Å². The molecule has 0 fully saturated rings. The van der Waals surface area contributed by atoms with Crippen LogP contribution in [0.3, 0.4) is 0 Å². The summed E-state index contributed by atoms with van der Waals surface area (Å²) in [6.45, 7) is 7.52. The molecule has 0 heterocycles. The number of hydrogen-bond donors (Lipinski definition) is 0. The summed E-state index contributed by atoms with van der Waals surface area (Å²) in [6, 6.07) is 13.7. The average Bonchev–Trinajstić information content (AvgIpc) is 2.76. The quantitative estimate of drug-likeness (QED) is 0.285. The van der Waals surface area contributed by atoms with Gasteiger partial charge in [0.15, 0.2) is 11.7 Å². The van der Waals surface area contributed by atoms with E-state index < -0.39 is 11.7 Å². The molecular weight excluding hydrogens is 373 g/mol. The lowest BCUT2D eigenvalue weighted by Gasteiger charge is -2.08. The molecule has 0 bridgehead atoms. The Morgan fingerprint density at radius 1 is 0.862 bits per heavy atom. The standard InChI is InChI=1S/C25H21F3O/c1-3-5-6-17-7-8-19-16-20(11-14-22(19)23(17)26)25(28)24(27)18-9-12-21(13-10-18)29-15-4-2/h3-4,7-14,16H,1-2,5-6,15H2. The molecule has 29 heavy (non-hydrogen) atoms. The maximum Gasteiger partial charge on any atom is 0.166 e. The smallest absolute Gasteiger partial charge is 0.166 e. The number of benzene rings is 3. The molecule has 0 N–H and O–H groups in total. The lowest BCUT2D eigenvalue weighted by atomic mass is 10.00. The number of hydrogen-bond acceptors (Lipinski definition) is 1. The molecule has 148 valence electrons. The zero-order valence-electron chi connectivity index (χ0n) is 15.9. The third kappa shape index (κ3) is 4.60. The van der Waals surface area contributed by atoms with E-state index in [9.17, 15) is 13.2 Å². The van der Waals surface area contributed by atoms with Gasteiger partial charge in [0.2, 0.25) is 0 Å². The van der Waals surface area contributed by atoms with Crippen LogP contribution in [0, 0.1) is 5.82 Å². The van der Waals surface area contributed by atoms with Crippen molar-refractivity contribution in [2.75, 3.05) is 6.61 Å². The second kappa shape index (κ2) is 9.28. The highest BCUT2D eigenvalue weighted by Crippen LogP contribution is 2.32. The van der Waals surface area contributed by atoms with Gasteiger partial charge in [-0.15, -0.1) is 6.58 Å². The molecule has 0 unspecified atom stereocenters. The minimum absolute atomic E-state index is 0.0558. The summed E-state index contributed by atoms with van der Waals surface area (Å²) < 4.78 is 49.4. The van der Waals surface area contributed by atoms with Crippen molar-refractivity contribution in [3.63, 3.8) is 0 Å². The zero-order chi connectivity index (χ0) is 20.8. The first-order chi connectivity index (χ1) is 14.0. The molecule has 3 rings (SSSR count). The Hall–Kier alpha value is -3.27. The van der Waals surface area contributed by atoms with Crippen molar-refractivity contribution in [3.05, 3.63) is 102 Å². The first-order valence-electron chi connectivity index (χ1n) is 9.27. The summed E-state index contributed by atoms with van der Waals surface area (Å²) in [6.07, 6.45) is 4.54. The van der Waals surface area contributed by atoms with E-state index in [1.54, 1.807) is 36.4 Å². The van der Waals surface area contributed by atoms with E-state index in [4.69, 9.17) is 4.74 Å². The molecule has 0 spiro atoms. The van der Waals surface area contributed by atoms with Gasteiger partial charge >= 0.3 is 0 Å². The topological polar surface area (TPSA) is 9.23 Å². The summed E-state index contributed by atoms with van der Waals surface area (Å²) in [5.74, 6) is -1.78. The molecule has 0 aliphatic heterocycles. The summed E-state index contributed by atoms with van der Waals surface area (Å²) in [5, 5.41) is 0.894. The number of aryl methyl sites for hydroxylation is 1. The van der Waals surface area contributed by atoms with Gasteiger partial charge in [0.05, 0.1) is 0 Å². The van der Waals surface area contributed by atoms with Gasteiger partial charge in [-0.05, 0) is 54.1 Å². The van der Waals surface area contributed by atoms with Gasteiger partial charge in [-0.3, -0.25) is 0 Å². The van der Waals surface area contributed by atoms with Crippen molar-refractivity contribution in [2.24, 2.45) is 0 Å². The van der Waals surface area contributed by atoms with E-state index in [1.165, 1.54) is 30.3 Å². The zero-order valence-corrected chi connectivity index (χ0v) is 15.9. The molecule has 0 saturated heterocycles. The molecule has 0 atom stereocenters. The summed E-state index contributed by atoms with van der Waals surface area (Å²) in [7, 11) is 0. The summed E-state index contributed by atoms with van der Waals surface area (Å²) in [4.78, 5) is 0. The highest BCUT2D eigenvalue weighted by molar-refractivity contribution is 5.90. The Labute approximate surface area is 168 Å². The number of ether oxygens (including phenoxy) is 1. The van der Waals surface area contributed by atoms with Gasteiger partial charge in [0.25, 0.3) is 0 Å². The Morgan fingerprint density at radius 2 is 1.55 bits per heavy atom. The fourth-order valence-electron chi connectivity index (χ4n) is 3.03. The second-order valence-electron chi connectivity index (χ2n) is 6.55. The van der Waals surface area contributed by atoms with Gasteiger partial charge in [-0.1, -0.05) is 43.0 Å². The fraction of sp³-hybridized carbons (Fsp3) is 0.120. The van der Waals surface area contributed by atoms with Gasteiger partial charge < -0.3 is 4.74 Å². The van der Waals surface area contributed by atoms with E-state index in [2.05, 4.69) is 13.2 Å². The summed E-state index contributed by atoms with van der Waals surface area (Å²) in [5.41, 5.74) is 0.728. The van der Waals surface area contributed by atoms with Crippen LogP contribution in [-0.2, 0) is 6.42 Å². The van der Waals surface area contributed by atoms with Crippen LogP contribution < -0.4 is 4.74 Å². The molecule has 4 heteroatoms. The molecule has 0 radical (unpaired) electrons. The van der Waals surface area contributed by atoms with Crippen molar-refractivity contribution >= 4 is 22.4 Å². The van der Waals surface area contributed by atoms with Crippen molar-refractivity contribution in [1.29, 1.82) is 0 Å². The van der Waals surface area contributed by atoms with Crippen molar-refractivity contribution < 1.29 is 17.9 Å². The van der Waals surface area contributed by atoms with E-state index >= 15 is 0 Å². The maximum absolute atomic E-state index is 14.7. The average molecular weight is 394 g/mol. The first kappa shape index (κ1) is 20.5. The Kier molecular flexibility index (Phi) is 6.55. The third-order valence-electron chi connectivity index (χ3n) is 4.57. The predicted molar refractivity (Wildman–Crippen MR) is 114 cm³/mol. The SMILES string of the molecule is C=CCCc1ccc2cc(C(F)=C(F)c3ccc(OCC=C)cc3)ccc2c1F. The number of rotatable bonds is 8. The highest BCUT2D eigenvalue weighted by atomic mass is 19.2. The minimum Gasteiger partial charge on any atom is -0.490 e. The summed E-state index contributed by atoms with van der Waals surface area (Å²) >= 11 is 0. The van der Waals surface area contributed by atoms with E-state index in [0.717, 1.165) is 0 Å². The molecule has 3 aromatic rings. The molecule has 1 nitrogen and oxygen atoms in total. The van der Waals surface area contributed by atoms with Gasteiger partial charge in [-0.25, -0.2) is 13.2 Å². The van der Waals surface area contributed by atoms with Crippen LogP contribution >= 0.6 is 0 Å². The Morgan fingerprint density at radius 3 is 2.24 bits per heavy atom. The molecule has 0 saturated carbocycles. The second-order valence-corrected chi connectivity index (χ2v) is 6.55. The van der Waals surface area contributed by atoms with Gasteiger partial charge in [-0.2, -0.15) is 0 Å². The van der Waals surface area contributed by atoms with Crippen LogP contribution in [0.15, 0.2) is 79.9 Å². The lowest BCUT2D eigenvalue weighted by molar-refractivity contribution is 0.363. The largest absolute Gasteiger partial charge is 0.490 e. The highest BCUT2D eigenvalue weighted by Gasteiger charge is 2.14. The third-order valence-corrected chi connectivity index (χ3v) is 4.57. The van der Waals surface area contributed by atoms with Crippen LogP contribution in [0.4, 0.5) is 13.2 Å². The maximum atomic E-state index is 14.7. The molecule has 3 aromatic carbocycles. The monoisotopic (exact) mass is 394 g/mol. The molecular formula is C25H21F3O. The van der Waals surface area contributed by atoms with Crippen molar-refractivity contribution in [2.45, 2.75) is 12.8 Å². The van der Waals surface area contributed by atoms with E-state index in [0.29, 0.717) is 41.5 Å². The van der Waals surface area contributed by atoms with Crippen molar-refractivity contribution in [3.8, 4) is 5.75 Å². The van der Waals surface area contributed by atoms with E-state index in [1.807, 2.05) is 0 Å². The van der Waals surface area contributed by atoms with Crippen molar-refractivity contribution in [1.82, 2.24) is 0 Å². The molecule has 0 aromatic heterocycles. The number of allylic oxidation sites excluding steroid dienone is 1. The predicted octanol–water partition coefficient (Wildman–Crippen LogP) is 7.43. The lowest BCUT2D eigenvalue weighted by Crippen LogP contribution is -1.93. The normalized spacial score (nSPS) is 11.8. The van der Waals surface area contributed by atoms with Crippen LogP contribution in [0.2, 0.25) is 0 Å². The minimum atomic E-state index is -0.997. The Bertz CT molecular complexity index is 1070. The molecule has 0 amide bonds. The Balaban J connectivity index is 1.91. The first-order valence-corrected chi connectivity index (χ1v) is 9.27. The van der Waals surface area contributed by atoms with Crippen LogP contribution in [0.5, 0.6) is 5.75 Å². The number of halogens is 3.